The van der Waals surface area contributed by atoms with Crippen molar-refractivity contribution < 1.29 is 28.6 Å². The van der Waals surface area contributed by atoms with Crippen molar-refractivity contribution >= 4 is 17.9 Å². The van der Waals surface area contributed by atoms with Gasteiger partial charge in [0.1, 0.15) is 13.2 Å². The third kappa shape index (κ3) is 47.5. The third-order valence-corrected chi connectivity index (χ3v) is 10.4. The Morgan fingerprint density at radius 1 is 0.344 bits per heavy atom. The van der Waals surface area contributed by atoms with Crippen LogP contribution < -0.4 is 0 Å². The molecular formula is C55H92O6. The van der Waals surface area contributed by atoms with E-state index >= 15 is 0 Å². The van der Waals surface area contributed by atoms with Crippen molar-refractivity contribution in [3.8, 4) is 0 Å². The topological polar surface area (TPSA) is 78.9 Å². The summed E-state index contributed by atoms with van der Waals surface area (Å²) in [6, 6.07) is 0. The largest absolute Gasteiger partial charge is 0.462 e. The molecule has 0 rings (SSSR count). The van der Waals surface area contributed by atoms with Gasteiger partial charge >= 0.3 is 17.9 Å². The molecule has 6 heteroatoms. The maximum Gasteiger partial charge on any atom is 0.306 e. The molecule has 0 heterocycles. The Morgan fingerprint density at radius 2 is 0.656 bits per heavy atom. The lowest BCUT2D eigenvalue weighted by atomic mass is 10.1. The van der Waals surface area contributed by atoms with Crippen LogP contribution in [0.4, 0.5) is 0 Å². The Bertz CT molecular complexity index is 1200. The molecule has 0 saturated heterocycles. The van der Waals surface area contributed by atoms with Gasteiger partial charge in [-0.25, -0.2) is 0 Å². The summed E-state index contributed by atoms with van der Waals surface area (Å²) >= 11 is 0. The van der Waals surface area contributed by atoms with Gasteiger partial charge in [0.25, 0.3) is 0 Å². The fourth-order valence-electron chi connectivity index (χ4n) is 6.58. The van der Waals surface area contributed by atoms with Gasteiger partial charge in [0.2, 0.25) is 0 Å². The lowest BCUT2D eigenvalue weighted by Gasteiger charge is -2.18. The second kappa shape index (κ2) is 49.2. The Hall–Kier alpha value is -3.41. The van der Waals surface area contributed by atoms with Crippen molar-refractivity contribution in [1.29, 1.82) is 0 Å². The quantitative estimate of drug-likeness (QED) is 0.0263. The van der Waals surface area contributed by atoms with Gasteiger partial charge < -0.3 is 14.2 Å². The molecule has 348 valence electrons. The summed E-state index contributed by atoms with van der Waals surface area (Å²) in [5, 5.41) is 0. The molecule has 0 aromatic carbocycles. The standard InChI is InChI=1S/C55H92O6/c1-4-7-10-13-16-19-22-25-26-27-28-31-33-36-39-42-45-48-54(57)60-51-52(61-55(58)49-46-43-40-37-34-30-24-21-18-15-12-9-6-3)50-59-53(56)47-44-41-38-35-32-29-23-20-17-14-11-8-5-2/h7,10,16,19-21,23-26,28,31,36,39,52H,4-6,8-9,11-15,17-18,22,27,29-30,32-35,37-38,40-51H2,1-3H3/t52-/m1/s1. The average molecular weight is 849 g/mol. The van der Waals surface area contributed by atoms with Gasteiger partial charge in [0.15, 0.2) is 6.10 Å². The van der Waals surface area contributed by atoms with Crippen LogP contribution in [0.5, 0.6) is 0 Å². The van der Waals surface area contributed by atoms with Gasteiger partial charge in [-0.15, -0.1) is 0 Å². The van der Waals surface area contributed by atoms with E-state index in [1.54, 1.807) is 0 Å². The number of hydrogen-bond acceptors (Lipinski definition) is 6. The molecule has 0 amide bonds. The molecule has 0 unspecified atom stereocenters. The molecule has 0 radical (unpaired) electrons. The van der Waals surface area contributed by atoms with Gasteiger partial charge in [-0.1, -0.05) is 183 Å². The zero-order chi connectivity index (χ0) is 44.4. The number of carbonyl (C=O) groups excluding carboxylic acids is 3. The molecule has 0 aliphatic carbocycles. The minimum atomic E-state index is -0.806. The van der Waals surface area contributed by atoms with E-state index in [9.17, 15) is 14.4 Å². The maximum atomic E-state index is 12.8. The first-order chi connectivity index (χ1) is 30.0. The lowest BCUT2D eigenvalue weighted by molar-refractivity contribution is -0.167. The molecule has 0 bridgehead atoms. The number of carbonyl (C=O) groups is 3. The number of esters is 3. The van der Waals surface area contributed by atoms with Crippen molar-refractivity contribution in [1.82, 2.24) is 0 Å². The summed E-state index contributed by atoms with van der Waals surface area (Å²) in [5.74, 6) is -0.983. The van der Waals surface area contributed by atoms with Crippen LogP contribution in [0, 0.1) is 0 Å². The van der Waals surface area contributed by atoms with E-state index in [0.717, 1.165) is 103 Å². The number of ether oxygens (including phenoxy) is 3. The van der Waals surface area contributed by atoms with Crippen LogP contribution in [0.3, 0.4) is 0 Å². The third-order valence-electron chi connectivity index (χ3n) is 10.4. The first-order valence-electron chi connectivity index (χ1n) is 25.1. The molecule has 0 aromatic rings. The van der Waals surface area contributed by atoms with E-state index in [-0.39, 0.29) is 37.5 Å². The van der Waals surface area contributed by atoms with Crippen LogP contribution in [0.1, 0.15) is 226 Å². The molecule has 0 aromatic heterocycles. The van der Waals surface area contributed by atoms with Gasteiger partial charge in [0.05, 0.1) is 0 Å². The van der Waals surface area contributed by atoms with E-state index in [4.69, 9.17) is 14.2 Å². The van der Waals surface area contributed by atoms with E-state index < -0.39 is 6.10 Å². The highest BCUT2D eigenvalue weighted by Crippen LogP contribution is 2.13. The molecule has 0 fully saturated rings. The number of allylic oxidation sites excluding steroid dienone is 14. The smallest absolute Gasteiger partial charge is 0.306 e. The van der Waals surface area contributed by atoms with Crippen LogP contribution in [0.15, 0.2) is 85.1 Å². The normalized spacial score (nSPS) is 12.8. The minimum absolute atomic E-state index is 0.102. The SMILES string of the molecule is CCC=CCC=CCC=CCC=CCC=CCCCC(=O)OC[C@@H](COC(=O)CCCCCCCC=CCCCCCC)OC(=O)CCCCCCCC=CCCCCCC. The predicted octanol–water partition coefficient (Wildman–Crippen LogP) is 16.4. The van der Waals surface area contributed by atoms with Gasteiger partial charge in [-0.3, -0.25) is 14.4 Å². The summed E-state index contributed by atoms with van der Waals surface area (Å²) in [5.41, 5.74) is 0. The molecule has 0 aliphatic heterocycles. The van der Waals surface area contributed by atoms with Crippen LogP contribution in [-0.4, -0.2) is 37.2 Å². The molecule has 0 spiro atoms. The fourth-order valence-corrected chi connectivity index (χ4v) is 6.58. The highest BCUT2D eigenvalue weighted by molar-refractivity contribution is 5.71. The highest BCUT2D eigenvalue weighted by Gasteiger charge is 2.19. The Kier molecular flexibility index (Phi) is 46.5. The van der Waals surface area contributed by atoms with Crippen molar-refractivity contribution in [2.24, 2.45) is 0 Å². The van der Waals surface area contributed by atoms with Crippen molar-refractivity contribution in [2.45, 2.75) is 232 Å². The molecular weight excluding hydrogens is 757 g/mol. The van der Waals surface area contributed by atoms with E-state index in [0.29, 0.717) is 19.3 Å². The fraction of sp³-hybridized carbons (Fsp3) is 0.691. The van der Waals surface area contributed by atoms with Gasteiger partial charge in [0, 0.05) is 19.3 Å². The predicted molar refractivity (Wildman–Crippen MR) is 261 cm³/mol. The molecule has 0 saturated carbocycles. The number of rotatable bonds is 44. The summed E-state index contributed by atoms with van der Waals surface area (Å²) < 4.78 is 16.7. The Labute approximate surface area is 375 Å². The highest BCUT2D eigenvalue weighted by atomic mass is 16.6. The van der Waals surface area contributed by atoms with E-state index in [2.05, 4.69) is 106 Å². The Morgan fingerprint density at radius 3 is 1.08 bits per heavy atom. The molecule has 1 atom stereocenters. The van der Waals surface area contributed by atoms with Crippen molar-refractivity contribution in [3.63, 3.8) is 0 Å². The number of hydrogen-bond donors (Lipinski definition) is 0. The van der Waals surface area contributed by atoms with Crippen molar-refractivity contribution in [3.05, 3.63) is 85.1 Å². The summed E-state index contributed by atoms with van der Waals surface area (Å²) in [6.45, 7) is 6.42. The summed E-state index contributed by atoms with van der Waals surface area (Å²) in [4.78, 5) is 37.9. The van der Waals surface area contributed by atoms with Gasteiger partial charge in [-0.05, 0) is 109 Å². The second-order valence-corrected chi connectivity index (χ2v) is 16.3. The first-order valence-corrected chi connectivity index (χ1v) is 25.1. The van der Waals surface area contributed by atoms with E-state index in [1.165, 1.54) is 77.0 Å². The summed E-state index contributed by atoms with van der Waals surface area (Å²) in [6.07, 6.45) is 62.8. The van der Waals surface area contributed by atoms with Crippen LogP contribution in [0.2, 0.25) is 0 Å². The van der Waals surface area contributed by atoms with E-state index in [1.807, 2.05) is 0 Å². The average Bonchev–Trinajstić information content (AvgIpc) is 3.26. The molecule has 61 heavy (non-hydrogen) atoms. The zero-order valence-electron chi connectivity index (χ0n) is 39.7. The van der Waals surface area contributed by atoms with Crippen molar-refractivity contribution in [2.75, 3.05) is 13.2 Å². The zero-order valence-corrected chi connectivity index (χ0v) is 39.7. The van der Waals surface area contributed by atoms with Crippen LogP contribution in [0.25, 0.3) is 0 Å². The number of unbranched alkanes of at least 4 members (excludes halogenated alkanes) is 19. The summed E-state index contributed by atoms with van der Waals surface area (Å²) in [7, 11) is 0. The maximum absolute atomic E-state index is 12.8. The monoisotopic (exact) mass is 849 g/mol. The Balaban J connectivity index is 4.50. The van der Waals surface area contributed by atoms with Crippen LogP contribution in [-0.2, 0) is 28.6 Å². The van der Waals surface area contributed by atoms with Crippen LogP contribution >= 0.6 is 0 Å². The first kappa shape index (κ1) is 57.6. The second-order valence-electron chi connectivity index (χ2n) is 16.3. The van der Waals surface area contributed by atoms with Gasteiger partial charge in [-0.2, -0.15) is 0 Å². The molecule has 0 aliphatic rings. The lowest BCUT2D eigenvalue weighted by Crippen LogP contribution is -2.30. The minimum Gasteiger partial charge on any atom is -0.462 e. The molecule has 6 nitrogen and oxygen atoms in total. The molecule has 0 N–H and O–H groups in total.